The number of hydrogen-bond donors (Lipinski definition) is 2. The molecular weight excluding hydrogens is 202 g/mol. The van der Waals surface area contributed by atoms with Crippen molar-refractivity contribution in [1.29, 1.82) is 0 Å². The van der Waals surface area contributed by atoms with Crippen molar-refractivity contribution in [2.45, 2.75) is 39.2 Å². The molecule has 1 aromatic carbocycles. The predicted octanol–water partition coefficient (Wildman–Crippen LogP) is 2.07. The van der Waals surface area contributed by atoms with Crippen LogP contribution in [0.15, 0.2) is 18.2 Å². The van der Waals surface area contributed by atoms with E-state index in [0.717, 1.165) is 17.5 Å². The van der Waals surface area contributed by atoms with Crippen LogP contribution in [0.25, 0.3) is 0 Å². The summed E-state index contributed by atoms with van der Waals surface area (Å²) in [4.78, 5) is 10.9. The summed E-state index contributed by atoms with van der Waals surface area (Å²) in [5.41, 5.74) is 9.10. The summed E-state index contributed by atoms with van der Waals surface area (Å²) in [5, 5.41) is 8.91. The molecule has 0 aliphatic heterocycles. The topological polar surface area (TPSA) is 63.3 Å². The SMILES string of the molecule is CCc1cccc(C(C)C(N)C(=O)O)c1C. The summed E-state index contributed by atoms with van der Waals surface area (Å²) in [5.74, 6) is -1.11. The maximum absolute atomic E-state index is 10.9. The molecule has 0 amide bonds. The van der Waals surface area contributed by atoms with Crippen LogP contribution < -0.4 is 5.73 Å². The molecule has 0 radical (unpaired) electrons. The number of rotatable bonds is 4. The summed E-state index contributed by atoms with van der Waals surface area (Å²) in [6.07, 6.45) is 0.953. The lowest BCUT2D eigenvalue weighted by Gasteiger charge is -2.20. The second kappa shape index (κ2) is 5.12. The first-order valence-corrected chi connectivity index (χ1v) is 5.55. The Balaban J connectivity index is 3.08. The fourth-order valence-electron chi connectivity index (χ4n) is 1.99. The lowest BCUT2D eigenvalue weighted by molar-refractivity contribution is -0.139. The number of hydrogen-bond acceptors (Lipinski definition) is 2. The molecule has 3 nitrogen and oxygen atoms in total. The van der Waals surface area contributed by atoms with E-state index in [1.807, 2.05) is 26.0 Å². The molecule has 0 spiro atoms. The second-order valence-corrected chi connectivity index (χ2v) is 4.14. The molecular formula is C13H19NO2. The van der Waals surface area contributed by atoms with Gasteiger partial charge in [0.25, 0.3) is 0 Å². The molecule has 1 rings (SSSR count). The van der Waals surface area contributed by atoms with Gasteiger partial charge in [-0.1, -0.05) is 32.0 Å². The van der Waals surface area contributed by atoms with E-state index in [1.54, 1.807) is 0 Å². The highest BCUT2D eigenvalue weighted by atomic mass is 16.4. The van der Waals surface area contributed by atoms with Gasteiger partial charge in [-0.05, 0) is 30.0 Å². The van der Waals surface area contributed by atoms with Gasteiger partial charge in [0.1, 0.15) is 6.04 Å². The molecule has 0 fully saturated rings. The Labute approximate surface area is 96.3 Å². The molecule has 2 atom stereocenters. The van der Waals surface area contributed by atoms with Crippen LogP contribution in [0, 0.1) is 6.92 Å². The van der Waals surface area contributed by atoms with Gasteiger partial charge in [0.2, 0.25) is 0 Å². The highest BCUT2D eigenvalue weighted by molar-refractivity contribution is 5.74. The molecule has 3 heteroatoms. The van der Waals surface area contributed by atoms with Crippen LogP contribution >= 0.6 is 0 Å². The van der Waals surface area contributed by atoms with Crippen LogP contribution in [0.2, 0.25) is 0 Å². The number of nitrogens with two attached hydrogens (primary N) is 1. The van der Waals surface area contributed by atoms with E-state index in [2.05, 4.69) is 13.0 Å². The van der Waals surface area contributed by atoms with E-state index < -0.39 is 12.0 Å². The zero-order chi connectivity index (χ0) is 12.3. The standard InChI is InChI=1S/C13H19NO2/c1-4-10-6-5-7-11(8(10)2)9(3)12(14)13(15)16/h5-7,9,12H,4,14H2,1-3H3,(H,15,16). The van der Waals surface area contributed by atoms with E-state index >= 15 is 0 Å². The highest BCUT2D eigenvalue weighted by Gasteiger charge is 2.23. The summed E-state index contributed by atoms with van der Waals surface area (Å²) < 4.78 is 0. The summed E-state index contributed by atoms with van der Waals surface area (Å²) in [6.45, 7) is 5.98. The largest absolute Gasteiger partial charge is 0.480 e. The van der Waals surface area contributed by atoms with Crippen LogP contribution in [0.1, 0.15) is 36.5 Å². The normalized spacial score (nSPS) is 14.5. The van der Waals surface area contributed by atoms with Gasteiger partial charge in [-0.25, -0.2) is 0 Å². The molecule has 88 valence electrons. The second-order valence-electron chi connectivity index (χ2n) is 4.14. The van der Waals surface area contributed by atoms with Crippen molar-refractivity contribution in [2.24, 2.45) is 5.73 Å². The van der Waals surface area contributed by atoms with Crippen molar-refractivity contribution in [1.82, 2.24) is 0 Å². The van der Waals surface area contributed by atoms with E-state index in [4.69, 9.17) is 10.8 Å². The van der Waals surface area contributed by atoms with Gasteiger partial charge in [0.15, 0.2) is 0 Å². The molecule has 2 unspecified atom stereocenters. The number of carboxylic acids is 1. The number of carbonyl (C=O) groups is 1. The van der Waals surface area contributed by atoms with Gasteiger partial charge in [0, 0.05) is 5.92 Å². The van der Waals surface area contributed by atoms with E-state index in [-0.39, 0.29) is 5.92 Å². The lowest BCUT2D eigenvalue weighted by atomic mass is 9.88. The zero-order valence-corrected chi connectivity index (χ0v) is 10.0. The first-order chi connectivity index (χ1) is 7.49. The first kappa shape index (κ1) is 12.7. The molecule has 0 saturated heterocycles. The maximum Gasteiger partial charge on any atom is 0.321 e. The average Bonchev–Trinajstić information content (AvgIpc) is 2.27. The third-order valence-corrected chi connectivity index (χ3v) is 3.18. The Morgan fingerprint density at radius 2 is 2.12 bits per heavy atom. The third-order valence-electron chi connectivity index (χ3n) is 3.18. The number of aliphatic carboxylic acids is 1. The first-order valence-electron chi connectivity index (χ1n) is 5.55. The van der Waals surface area contributed by atoms with Crippen molar-refractivity contribution in [3.63, 3.8) is 0 Å². The summed E-state index contributed by atoms with van der Waals surface area (Å²) >= 11 is 0. The Hall–Kier alpha value is -1.35. The number of benzene rings is 1. The fourth-order valence-corrected chi connectivity index (χ4v) is 1.99. The van der Waals surface area contributed by atoms with Crippen molar-refractivity contribution in [3.8, 4) is 0 Å². The Kier molecular flexibility index (Phi) is 4.07. The van der Waals surface area contributed by atoms with E-state index in [0.29, 0.717) is 0 Å². The minimum atomic E-state index is -0.950. The van der Waals surface area contributed by atoms with Gasteiger partial charge in [-0.2, -0.15) is 0 Å². The Morgan fingerprint density at radius 3 is 2.62 bits per heavy atom. The minimum Gasteiger partial charge on any atom is -0.480 e. The highest BCUT2D eigenvalue weighted by Crippen LogP contribution is 2.24. The maximum atomic E-state index is 10.9. The third kappa shape index (κ3) is 2.42. The smallest absolute Gasteiger partial charge is 0.321 e. The summed E-state index contributed by atoms with van der Waals surface area (Å²) in [6, 6.07) is 5.15. The minimum absolute atomic E-state index is 0.163. The molecule has 0 saturated carbocycles. The van der Waals surface area contributed by atoms with Crippen LogP contribution in [0.5, 0.6) is 0 Å². The van der Waals surface area contributed by atoms with Crippen LogP contribution in [0.4, 0.5) is 0 Å². The van der Waals surface area contributed by atoms with Crippen LogP contribution in [0.3, 0.4) is 0 Å². The number of aryl methyl sites for hydroxylation is 1. The van der Waals surface area contributed by atoms with Gasteiger partial charge in [-0.15, -0.1) is 0 Å². The molecule has 1 aromatic rings. The molecule has 16 heavy (non-hydrogen) atoms. The molecule has 0 heterocycles. The van der Waals surface area contributed by atoms with Crippen molar-refractivity contribution >= 4 is 5.97 Å². The van der Waals surface area contributed by atoms with Gasteiger partial charge >= 0.3 is 5.97 Å². The zero-order valence-electron chi connectivity index (χ0n) is 10.0. The Bertz CT molecular complexity index is 388. The molecule has 3 N–H and O–H groups in total. The fraction of sp³-hybridized carbons (Fsp3) is 0.462. The molecule has 0 aliphatic rings. The quantitative estimate of drug-likeness (QED) is 0.818. The van der Waals surface area contributed by atoms with Gasteiger partial charge < -0.3 is 10.8 Å². The van der Waals surface area contributed by atoms with E-state index in [1.165, 1.54) is 5.56 Å². The predicted molar refractivity (Wildman–Crippen MR) is 64.6 cm³/mol. The molecule has 0 aliphatic carbocycles. The molecule has 0 bridgehead atoms. The Morgan fingerprint density at radius 1 is 1.50 bits per heavy atom. The van der Waals surface area contributed by atoms with Gasteiger partial charge in [0.05, 0.1) is 0 Å². The van der Waals surface area contributed by atoms with Gasteiger partial charge in [-0.3, -0.25) is 4.79 Å². The monoisotopic (exact) mass is 221 g/mol. The van der Waals surface area contributed by atoms with Crippen LogP contribution in [-0.2, 0) is 11.2 Å². The lowest BCUT2D eigenvalue weighted by Crippen LogP contribution is -2.35. The molecule has 0 aromatic heterocycles. The van der Waals surface area contributed by atoms with Crippen molar-refractivity contribution in [2.75, 3.05) is 0 Å². The van der Waals surface area contributed by atoms with E-state index in [9.17, 15) is 4.79 Å². The van der Waals surface area contributed by atoms with Crippen LogP contribution in [-0.4, -0.2) is 17.1 Å². The van der Waals surface area contributed by atoms with Crippen molar-refractivity contribution in [3.05, 3.63) is 34.9 Å². The number of carboxylic acid groups (broad SMARTS) is 1. The van der Waals surface area contributed by atoms with Crippen molar-refractivity contribution < 1.29 is 9.90 Å². The average molecular weight is 221 g/mol. The summed E-state index contributed by atoms with van der Waals surface area (Å²) in [7, 11) is 0.